The van der Waals surface area contributed by atoms with Crippen molar-refractivity contribution < 1.29 is 33.9 Å². The third-order valence-electron chi connectivity index (χ3n) is 8.40. The molecule has 2 aliphatic heterocycles. The summed E-state index contributed by atoms with van der Waals surface area (Å²) in [6.07, 6.45) is 0.209. The maximum atomic E-state index is 14.0. The molecule has 0 spiro atoms. The molecule has 5 N–H and O–H groups in total. The Labute approximate surface area is 271 Å². The number of carbonyl (C=O) groups is 6. The number of rotatable bonds is 7. The first-order valence-electron chi connectivity index (χ1n) is 16.2. The van der Waals surface area contributed by atoms with E-state index in [0.29, 0.717) is 19.4 Å². The standard InChI is InChI=1S/C33H50N6O7/c1-19(2)15-23-29(42)37-28(21(5)40)32(45)36-24(16-20(3)4)33(46)38(6)26(17-22-11-8-7-9-12-22)30(43)34-18-27(41)39-14-10-13-25(39)31(44)35-23/h7-9,11-12,19-21,23-26,28,40H,10,13-18H2,1-6H3,(H,34,43)(H,35,44)(H,36,45)(H,37,42)/t21-,23+,24+,25+,26+,28+/m1/s1. The number of amides is 6. The molecular formula is C33H50N6O7. The number of fused-ring (bicyclic) bond motifs is 1. The summed E-state index contributed by atoms with van der Waals surface area (Å²) in [6.45, 7) is 8.78. The molecule has 13 heteroatoms. The van der Waals surface area contributed by atoms with Crippen LogP contribution in [0.4, 0.5) is 0 Å². The van der Waals surface area contributed by atoms with Crippen LogP contribution in [0.15, 0.2) is 30.3 Å². The number of hydrogen-bond acceptors (Lipinski definition) is 7. The Kier molecular flexibility index (Phi) is 13.1. The number of aliphatic hydroxyl groups is 1. The van der Waals surface area contributed by atoms with Crippen molar-refractivity contribution in [1.82, 2.24) is 31.1 Å². The van der Waals surface area contributed by atoms with Crippen molar-refractivity contribution in [3.05, 3.63) is 35.9 Å². The lowest BCUT2D eigenvalue weighted by molar-refractivity contribution is -0.144. The summed E-state index contributed by atoms with van der Waals surface area (Å²) in [5, 5.41) is 21.3. The summed E-state index contributed by atoms with van der Waals surface area (Å²) in [5.41, 5.74) is 0.782. The predicted molar refractivity (Wildman–Crippen MR) is 171 cm³/mol. The second kappa shape index (κ2) is 16.5. The van der Waals surface area contributed by atoms with E-state index in [9.17, 15) is 33.9 Å². The van der Waals surface area contributed by atoms with Gasteiger partial charge >= 0.3 is 0 Å². The monoisotopic (exact) mass is 642 g/mol. The fourth-order valence-electron chi connectivity index (χ4n) is 5.95. The maximum absolute atomic E-state index is 14.0. The molecule has 0 aromatic heterocycles. The van der Waals surface area contributed by atoms with Gasteiger partial charge in [-0.25, -0.2) is 0 Å². The summed E-state index contributed by atoms with van der Waals surface area (Å²) in [5.74, 6) is -3.57. The van der Waals surface area contributed by atoms with Crippen LogP contribution >= 0.6 is 0 Å². The van der Waals surface area contributed by atoms with Gasteiger partial charge in [0.1, 0.15) is 30.2 Å². The highest BCUT2D eigenvalue weighted by Gasteiger charge is 2.39. The molecule has 1 aromatic carbocycles. The third kappa shape index (κ3) is 9.75. The molecule has 3 rings (SSSR count). The zero-order valence-electron chi connectivity index (χ0n) is 27.7. The lowest BCUT2D eigenvalue weighted by Crippen LogP contribution is -2.62. The molecule has 254 valence electrons. The molecule has 0 radical (unpaired) electrons. The zero-order chi connectivity index (χ0) is 34.1. The fraction of sp³-hybridized carbons (Fsp3) is 0.636. The topological polar surface area (TPSA) is 177 Å². The van der Waals surface area contributed by atoms with E-state index in [1.54, 1.807) is 0 Å². The van der Waals surface area contributed by atoms with Crippen molar-refractivity contribution in [3.63, 3.8) is 0 Å². The molecule has 2 fully saturated rings. The van der Waals surface area contributed by atoms with Crippen molar-refractivity contribution in [2.45, 2.75) is 103 Å². The van der Waals surface area contributed by atoms with Crippen LogP contribution in [-0.2, 0) is 35.2 Å². The molecule has 1 aromatic rings. The Hall–Kier alpha value is -4.00. The average Bonchev–Trinajstić information content (AvgIpc) is 3.49. The molecule has 2 aliphatic rings. The number of benzene rings is 1. The smallest absolute Gasteiger partial charge is 0.245 e. The van der Waals surface area contributed by atoms with Gasteiger partial charge in [-0.3, -0.25) is 28.8 Å². The average molecular weight is 643 g/mol. The number of nitrogens with one attached hydrogen (secondary N) is 4. The molecule has 2 heterocycles. The van der Waals surface area contributed by atoms with E-state index in [4.69, 9.17) is 0 Å². The van der Waals surface area contributed by atoms with Crippen molar-refractivity contribution in [3.8, 4) is 0 Å². The van der Waals surface area contributed by atoms with Gasteiger partial charge in [0.05, 0.1) is 12.6 Å². The number of likely N-dealkylation sites (N-methyl/N-ethyl adjacent to an activating group) is 1. The van der Waals surface area contributed by atoms with E-state index in [-0.39, 0.29) is 37.6 Å². The van der Waals surface area contributed by atoms with Gasteiger partial charge in [-0.1, -0.05) is 58.0 Å². The molecule has 6 amide bonds. The van der Waals surface area contributed by atoms with Crippen molar-refractivity contribution in [2.75, 3.05) is 20.1 Å². The molecule has 13 nitrogen and oxygen atoms in total. The number of hydrogen-bond donors (Lipinski definition) is 5. The number of aliphatic hydroxyl groups excluding tert-OH is 1. The van der Waals surface area contributed by atoms with E-state index in [1.165, 1.54) is 23.8 Å². The summed E-state index contributed by atoms with van der Waals surface area (Å²) in [4.78, 5) is 84.2. The Morgan fingerprint density at radius 1 is 0.804 bits per heavy atom. The van der Waals surface area contributed by atoms with Crippen LogP contribution in [0, 0.1) is 11.8 Å². The van der Waals surface area contributed by atoms with E-state index < -0.39 is 71.8 Å². The highest BCUT2D eigenvalue weighted by molar-refractivity contribution is 5.98. The van der Waals surface area contributed by atoms with E-state index in [2.05, 4.69) is 21.3 Å². The van der Waals surface area contributed by atoms with Gasteiger partial charge in [-0.2, -0.15) is 0 Å². The molecular weight excluding hydrogens is 592 g/mol. The molecule has 0 bridgehead atoms. The molecule has 6 atom stereocenters. The van der Waals surface area contributed by atoms with E-state index >= 15 is 0 Å². The minimum atomic E-state index is -1.43. The van der Waals surface area contributed by atoms with Crippen LogP contribution < -0.4 is 21.3 Å². The predicted octanol–water partition coefficient (Wildman–Crippen LogP) is 0.104. The second-order valence-electron chi connectivity index (χ2n) is 13.2. The van der Waals surface area contributed by atoms with Gasteiger partial charge in [0.2, 0.25) is 35.4 Å². The number of carbonyl (C=O) groups excluding carboxylic acids is 6. The summed E-state index contributed by atoms with van der Waals surface area (Å²) in [6, 6.07) is 3.68. The fourth-order valence-corrected chi connectivity index (χ4v) is 5.95. The Morgan fingerprint density at radius 2 is 1.41 bits per heavy atom. The Bertz CT molecular complexity index is 1250. The SMILES string of the molecule is CC(C)C[C@@H]1NC(=O)[C@@H]2CCCN2C(=O)CNC(=O)[C@H](Cc2ccccc2)N(C)C(=O)[C@H](CC(C)C)NC(=O)[C@H]([C@@H](C)O)NC1=O. The Balaban J connectivity index is 2.04. The van der Waals surface area contributed by atoms with E-state index in [0.717, 1.165) is 5.56 Å². The lowest BCUT2D eigenvalue weighted by atomic mass is 9.98. The van der Waals surface area contributed by atoms with Crippen LogP contribution in [0.2, 0.25) is 0 Å². The first-order chi connectivity index (χ1) is 21.7. The normalized spacial score (nSPS) is 26.6. The van der Waals surface area contributed by atoms with Crippen molar-refractivity contribution in [2.24, 2.45) is 11.8 Å². The van der Waals surface area contributed by atoms with Crippen LogP contribution in [0.5, 0.6) is 0 Å². The largest absolute Gasteiger partial charge is 0.391 e. The molecule has 46 heavy (non-hydrogen) atoms. The zero-order valence-corrected chi connectivity index (χ0v) is 27.7. The number of nitrogens with zero attached hydrogens (tertiary/aromatic N) is 2. The molecule has 2 saturated heterocycles. The van der Waals surface area contributed by atoms with Gasteiger partial charge in [0, 0.05) is 20.0 Å². The van der Waals surface area contributed by atoms with Gasteiger partial charge in [-0.15, -0.1) is 0 Å². The van der Waals surface area contributed by atoms with Gasteiger partial charge in [0.25, 0.3) is 0 Å². The van der Waals surface area contributed by atoms with E-state index in [1.807, 2.05) is 58.0 Å². The first kappa shape index (κ1) is 36.5. The summed E-state index contributed by atoms with van der Waals surface area (Å²) >= 11 is 0. The summed E-state index contributed by atoms with van der Waals surface area (Å²) in [7, 11) is 1.47. The molecule has 0 aliphatic carbocycles. The highest BCUT2D eigenvalue weighted by Crippen LogP contribution is 2.19. The quantitative estimate of drug-likeness (QED) is 0.280. The van der Waals surface area contributed by atoms with Gasteiger partial charge < -0.3 is 36.2 Å². The molecule has 0 unspecified atom stereocenters. The minimum absolute atomic E-state index is 0.0170. The van der Waals surface area contributed by atoms with Gasteiger partial charge in [-0.05, 0) is 50.0 Å². The van der Waals surface area contributed by atoms with Crippen LogP contribution in [0.3, 0.4) is 0 Å². The third-order valence-corrected chi connectivity index (χ3v) is 8.40. The van der Waals surface area contributed by atoms with Crippen LogP contribution in [0.25, 0.3) is 0 Å². The molecule has 0 saturated carbocycles. The maximum Gasteiger partial charge on any atom is 0.245 e. The van der Waals surface area contributed by atoms with Crippen molar-refractivity contribution >= 4 is 35.4 Å². The second-order valence-corrected chi connectivity index (χ2v) is 13.2. The Morgan fingerprint density at radius 3 is 2.02 bits per heavy atom. The van der Waals surface area contributed by atoms with Crippen LogP contribution in [0.1, 0.15) is 65.9 Å². The minimum Gasteiger partial charge on any atom is -0.391 e. The van der Waals surface area contributed by atoms with Gasteiger partial charge in [0.15, 0.2) is 0 Å². The summed E-state index contributed by atoms with van der Waals surface area (Å²) < 4.78 is 0. The highest BCUT2D eigenvalue weighted by atomic mass is 16.3. The van der Waals surface area contributed by atoms with Crippen LogP contribution in [-0.4, -0.2) is 107 Å². The first-order valence-corrected chi connectivity index (χ1v) is 16.2. The van der Waals surface area contributed by atoms with Crippen molar-refractivity contribution in [1.29, 1.82) is 0 Å². The lowest BCUT2D eigenvalue weighted by Gasteiger charge is -2.33.